The van der Waals surface area contributed by atoms with E-state index in [0.717, 1.165) is 18.7 Å². The summed E-state index contributed by atoms with van der Waals surface area (Å²) >= 11 is 0. The van der Waals surface area contributed by atoms with Crippen LogP contribution in [0.4, 0.5) is 0 Å². The van der Waals surface area contributed by atoms with Gasteiger partial charge in [-0.05, 0) is 49.9 Å². The Morgan fingerprint density at radius 2 is 2.05 bits per heavy atom. The second-order valence-corrected chi connectivity index (χ2v) is 5.83. The van der Waals surface area contributed by atoms with Crippen LogP contribution in [0.25, 0.3) is 0 Å². The van der Waals surface area contributed by atoms with Gasteiger partial charge in [0.15, 0.2) is 0 Å². The highest BCUT2D eigenvalue weighted by atomic mass is 16.5. The molecule has 0 bridgehead atoms. The maximum absolute atomic E-state index is 6.18. The minimum absolute atomic E-state index is 0.326. The van der Waals surface area contributed by atoms with Crippen molar-refractivity contribution >= 4 is 0 Å². The number of likely N-dealkylation sites (tertiary alicyclic amines) is 1. The van der Waals surface area contributed by atoms with Gasteiger partial charge in [-0.25, -0.2) is 0 Å². The number of nitrogens with two attached hydrogens (primary N) is 1. The van der Waals surface area contributed by atoms with Crippen molar-refractivity contribution in [3.8, 4) is 5.75 Å². The summed E-state index contributed by atoms with van der Waals surface area (Å²) in [6, 6.07) is 9.25. The first-order valence-electron chi connectivity index (χ1n) is 7.22. The van der Waals surface area contributed by atoms with E-state index < -0.39 is 0 Å². The van der Waals surface area contributed by atoms with Gasteiger partial charge in [0, 0.05) is 18.6 Å². The molecule has 3 nitrogen and oxygen atoms in total. The lowest BCUT2D eigenvalue weighted by Crippen LogP contribution is -2.51. The third kappa shape index (κ3) is 3.71. The minimum atomic E-state index is 0.326. The molecule has 1 saturated heterocycles. The van der Waals surface area contributed by atoms with E-state index in [9.17, 15) is 0 Å². The minimum Gasteiger partial charge on any atom is -0.497 e. The molecular weight excluding hydrogens is 236 g/mol. The second-order valence-electron chi connectivity index (χ2n) is 5.83. The van der Waals surface area contributed by atoms with Gasteiger partial charge in [-0.1, -0.05) is 19.1 Å². The van der Waals surface area contributed by atoms with Crippen LogP contribution in [-0.4, -0.2) is 37.2 Å². The van der Waals surface area contributed by atoms with E-state index in [2.05, 4.69) is 30.9 Å². The number of hydrogen-bond donors (Lipinski definition) is 1. The number of piperidine rings is 1. The van der Waals surface area contributed by atoms with Gasteiger partial charge in [0.05, 0.1) is 7.11 Å². The summed E-state index contributed by atoms with van der Waals surface area (Å²) in [5, 5.41) is 0. The van der Waals surface area contributed by atoms with Gasteiger partial charge in [0.1, 0.15) is 5.75 Å². The zero-order valence-corrected chi connectivity index (χ0v) is 12.3. The van der Waals surface area contributed by atoms with E-state index >= 15 is 0 Å². The monoisotopic (exact) mass is 262 g/mol. The average Bonchev–Trinajstić information content (AvgIpc) is 2.42. The number of benzene rings is 1. The maximum atomic E-state index is 6.18. The number of nitrogens with zero attached hydrogens (tertiary/aromatic N) is 1. The highest BCUT2D eigenvalue weighted by Crippen LogP contribution is 2.20. The number of methoxy groups -OCH3 is 1. The Labute approximate surface area is 116 Å². The standard InChI is InChI=1S/C16H26N2O/c1-12-8-9-18(11-16(12)17)13(2)10-14-4-6-15(19-3)7-5-14/h4-7,12-13,16H,8-11,17H2,1-3H3. The van der Waals surface area contributed by atoms with E-state index in [1.807, 2.05) is 12.1 Å². The van der Waals surface area contributed by atoms with Crippen LogP contribution >= 0.6 is 0 Å². The normalized spacial score (nSPS) is 26.1. The molecule has 1 heterocycles. The maximum Gasteiger partial charge on any atom is 0.118 e. The Hall–Kier alpha value is -1.06. The van der Waals surface area contributed by atoms with E-state index in [1.54, 1.807) is 7.11 Å². The van der Waals surface area contributed by atoms with Crippen molar-refractivity contribution in [2.75, 3.05) is 20.2 Å². The molecule has 3 heteroatoms. The molecule has 0 aromatic heterocycles. The van der Waals surface area contributed by atoms with Gasteiger partial charge in [-0.2, -0.15) is 0 Å². The van der Waals surface area contributed by atoms with Crippen molar-refractivity contribution in [2.24, 2.45) is 11.7 Å². The predicted octanol–water partition coefficient (Wildman–Crippen LogP) is 2.30. The molecule has 1 aliphatic heterocycles. The molecule has 0 aliphatic carbocycles. The van der Waals surface area contributed by atoms with Gasteiger partial charge >= 0.3 is 0 Å². The van der Waals surface area contributed by atoms with Crippen LogP contribution in [0.3, 0.4) is 0 Å². The van der Waals surface area contributed by atoms with Gasteiger partial charge in [-0.3, -0.25) is 4.90 Å². The summed E-state index contributed by atoms with van der Waals surface area (Å²) in [7, 11) is 1.70. The van der Waals surface area contributed by atoms with E-state index in [1.165, 1.54) is 18.5 Å². The number of rotatable bonds is 4. The summed E-state index contributed by atoms with van der Waals surface area (Å²) in [4.78, 5) is 2.52. The van der Waals surface area contributed by atoms with E-state index in [0.29, 0.717) is 18.0 Å². The van der Waals surface area contributed by atoms with Crippen LogP contribution in [0, 0.1) is 5.92 Å². The lowest BCUT2D eigenvalue weighted by Gasteiger charge is -2.38. The molecule has 1 fully saturated rings. The first kappa shape index (κ1) is 14.4. The fourth-order valence-corrected chi connectivity index (χ4v) is 2.76. The van der Waals surface area contributed by atoms with Crippen LogP contribution in [0.2, 0.25) is 0 Å². The number of ether oxygens (including phenoxy) is 1. The van der Waals surface area contributed by atoms with Crippen molar-refractivity contribution in [3.05, 3.63) is 29.8 Å². The van der Waals surface area contributed by atoms with Gasteiger partial charge < -0.3 is 10.5 Å². The largest absolute Gasteiger partial charge is 0.497 e. The van der Waals surface area contributed by atoms with E-state index in [4.69, 9.17) is 10.5 Å². The first-order valence-corrected chi connectivity index (χ1v) is 7.22. The van der Waals surface area contributed by atoms with Crippen LogP contribution < -0.4 is 10.5 Å². The molecule has 2 rings (SSSR count). The summed E-state index contributed by atoms with van der Waals surface area (Å²) in [6.45, 7) is 6.76. The molecule has 0 saturated carbocycles. The van der Waals surface area contributed by atoms with Gasteiger partial charge in [0.2, 0.25) is 0 Å². The molecule has 19 heavy (non-hydrogen) atoms. The fourth-order valence-electron chi connectivity index (χ4n) is 2.76. The third-order valence-corrected chi connectivity index (χ3v) is 4.36. The molecule has 0 radical (unpaired) electrons. The highest BCUT2D eigenvalue weighted by Gasteiger charge is 2.25. The van der Waals surface area contributed by atoms with Crippen LogP contribution in [0.1, 0.15) is 25.8 Å². The number of hydrogen-bond acceptors (Lipinski definition) is 3. The lowest BCUT2D eigenvalue weighted by molar-refractivity contribution is 0.128. The van der Waals surface area contributed by atoms with Crippen molar-refractivity contribution < 1.29 is 4.74 Å². The van der Waals surface area contributed by atoms with Crippen molar-refractivity contribution in [3.63, 3.8) is 0 Å². The Morgan fingerprint density at radius 1 is 1.37 bits per heavy atom. The molecule has 3 unspecified atom stereocenters. The quantitative estimate of drug-likeness (QED) is 0.905. The summed E-state index contributed by atoms with van der Waals surface area (Å²) in [5.41, 5.74) is 7.54. The molecule has 1 aliphatic rings. The lowest BCUT2D eigenvalue weighted by atomic mass is 9.92. The molecule has 2 N–H and O–H groups in total. The zero-order valence-electron chi connectivity index (χ0n) is 12.3. The topological polar surface area (TPSA) is 38.5 Å². The zero-order chi connectivity index (χ0) is 13.8. The van der Waals surface area contributed by atoms with Crippen LogP contribution in [-0.2, 0) is 6.42 Å². The molecule has 106 valence electrons. The molecule has 3 atom stereocenters. The summed E-state index contributed by atoms with van der Waals surface area (Å²) < 4.78 is 5.19. The summed E-state index contributed by atoms with van der Waals surface area (Å²) in [5.74, 6) is 1.58. The van der Waals surface area contributed by atoms with Gasteiger partial charge in [-0.15, -0.1) is 0 Å². The van der Waals surface area contributed by atoms with Crippen LogP contribution in [0.5, 0.6) is 5.75 Å². The molecular formula is C16H26N2O. The SMILES string of the molecule is COc1ccc(CC(C)N2CCC(C)C(N)C2)cc1. The van der Waals surface area contributed by atoms with Gasteiger partial charge in [0.25, 0.3) is 0 Å². The third-order valence-electron chi connectivity index (χ3n) is 4.36. The Morgan fingerprint density at radius 3 is 2.63 bits per heavy atom. The van der Waals surface area contributed by atoms with Crippen molar-refractivity contribution in [1.29, 1.82) is 0 Å². The highest BCUT2D eigenvalue weighted by molar-refractivity contribution is 5.27. The molecule has 0 amide bonds. The average molecular weight is 262 g/mol. The molecule has 0 spiro atoms. The first-order chi connectivity index (χ1) is 9.10. The van der Waals surface area contributed by atoms with Crippen LogP contribution in [0.15, 0.2) is 24.3 Å². The Kier molecular flexibility index (Phi) is 4.83. The van der Waals surface area contributed by atoms with E-state index in [-0.39, 0.29) is 0 Å². The smallest absolute Gasteiger partial charge is 0.118 e. The Bertz CT molecular complexity index is 390. The van der Waals surface area contributed by atoms with Crippen molar-refractivity contribution in [1.82, 2.24) is 4.90 Å². The molecule has 1 aromatic carbocycles. The second kappa shape index (κ2) is 6.40. The predicted molar refractivity (Wildman–Crippen MR) is 79.5 cm³/mol. The van der Waals surface area contributed by atoms with Crippen molar-refractivity contribution in [2.45, 2.75) is 38.8 Å². The molecule has 1 aromatic rings. The Balaban J connectivity index is 1.91. The fraction of sp³-hybridized carbons (Fsp3) is 0.625. The summed E-state index contributed by atoms with van der Waals surface area (Å²) in [6.07, 6.45) is 2.29.